The van der Waals surface area contributed by atoms with Crippen LogP contribution in [-0.4, -0.2) is 14.5 Å². The Kier molecular flexibility index (Phi) is 6.21. The summed E-state index contributed by atoms with van der Waals surface area (Å²) in [5, 5.41) is 13.5. The van der Waals surface area contributed by atoms with Crippen LogP contribution in [0.25, 0.3) is 114 Å². The molecule has 0 radical (unpaired) electrons. The van der Waals surface area contributed by atoms with E-state index in [1.165, 1.54) is 69.7 Å². The van der Waals surface area contributed by atoms with E-state index in [1.807, 2.05) is 0 Å². The van der Waals surface area contributed by atoms with Crippen molar-refractivity contribution in [3.63, 3.8) is 0 Å². The topological polar surface area (TPSA) is 30.7 Å². The molecule has 3 heterocycles. The maximum absolute atomic E-state index is 5.57. The number of thiophene rings is 1. The molecule has 9 aromatic carbocycles. The fraction of sp³-hybridized carbons (Fsp3) is 0. The van der Waals surface area contributed by atoms with Gasteiger partial charge in [0.25, 0.3) is 0 Å². The van der Waals surface area contributed by atoms with Gasteiger partial charge in [-0.1, -0.05) is 164 Å². The predicted octanol–water partition coefficient (Wildman–Crippen LogP) is 13.9. The SMILES string of the molecule is c1ccc(-c2ccc(-c3nc(-n4c5ccc6c7ccccc7c7ccccc7c6c5c5ccc6ccccc6c54)nc4c3sc3ccccc34)cc2)cc1. The first-order chi connectivity index (χ1) is 26.8. The average molecular weight is 704 g/mol. The highest BCUT2D eigenvalue weighted by atomic mass is 32.1. The molecule has 0 amide bonds. The zero-order chi connectivity index (χ0) is 35.3. The zero-order valence-corrected chi connectivity index (χ0v) is 29.8. The van der Waals surface area contributed by atoms with Gasteiger partial charge in [0, 0.05) is 37.2 Å². The number of hydrogen-bond donors (Lipinski definition) is 0. The van der Waals surface area contributed by atoms with E-state index in [9.17, 15) is 0 Å². The van der Waals surface area contributed by atoms with E-state index in [-0.39, 0.29) is 0 Å². The molecule has 250 valence electrons. The Morgan fingerprint density at radius 3 is 1.74 bits per heavy atom. The van der Waals surface area contributed by atoms with Crippen LogP contribution in [0.15, 0.2) is 176 Å². The lowest BCUT2D eigenvalue weighted by atomic mass is 9.91. The fourth-order valence-corrected chi connectivity index (χ4v) is 9.95. The highest BCUT2D eigenvalue weighted by molar-refractivity contribution is 7.26. The smallest absolute Gasteiger partial charge is 0.235 e. The Morgan fingerprint density at radius 1 is 0.389 bits per heavy atom. The standard InChI is InChI=1S/C50H29N3S/c1-2-12-30(13-3-1)31-22-24-33(25-23-31)46-49-47(40-20-10-11-21-43(40)54-49)52-50(51-46)53-42-29-28-39-37-18-7-6-16-35(37)36-17-8-9-19-38(36)44(39)45(42)41-27-26-32-14-4-5-15-34(32)48(41)53/h1-29H. The van der Waals surface area contributed by atoms with Crippen molar-refractivity contribution < 1.29 is 0 Å². The van der Waals surface area contributed by atoms with Crippen LogP contribution >= 0.6 is 11.3 Å². The summed E-state index contributed by atoms with van der Waals surface area (Å²) in [6.07, 6.45) is 0. The quantitative estimate of drug-likeness (QED) is 0.172. The summed E-state index contributed by atoms with van der Waals surface area (Å²) >= 11 is 1.77. The maximum atomic E-state index is 5.57. The molecule has 0 unspecified atom stereocenters. The second-order valence-corrected chi connectivity index (χ2v) is 15.1. The summed E-state index contributed by atoms with van der Waals surface area (Å²) in [7, 11) is 0. The number of aromatic nitrogens is 3. The Bertz CT molecular complexity index is 3450. The summed E-state index contributed by atoms with van der Waals surface area (Å²) in [6.45, 7) is 0. The minimum Gasteiger partial charge on any atom is -0.277 e. The van der Waals surface area contributed by atoms with Crippen molar-refractivity contribution in [3.8, 4) is 28.3 Å². The van der Waals surface area contributed by atoms with Gasteiger partial charge in [0.1, 0.15) is 0 Å². The third-order valence-electron chi connectivity index (χ3n) is 11.2. The van der Waals surface area contributed by atoms with Crippen LogP contribution in [0.3, 0.4) is 0 Å². The molecule has 0 aliphatic rings. The van der Waals surface area contributed by atoms with Crippen molar-refractivity contribution in [1.29, 1.82) is 0 Å². The first-order valence-electron chi connectivity index (χ1n) is 18.3. The van der Waals surface area contributed by atoms with Gasteiger partial charge in [0.2, 0.25) is 5.95 Å². The molecular formula is C50H29N3S. The minimum absolute atomic E-state index is 0.675. The van der Waals surface area contributed by atoms with Crippen molar-refractivity contribution >= 4 is 96.5 Å². The van der Waals surface area contributed by atoms with Gasteiger partial charge in [-0.3, -0.25) is 4.57 Å². The zero-order valence-electron chi connectivity index (χ0n) is 29.0. The molecule has 3 nitrogen and oxygen atoms in total. The Morgan fingerprint density at radius 2 is 0.963 bits per heavy atom. The number of rotatable bonds is 3. The van der Waals surface area contributed by atoms with E-state index in [0.717, 1.165) is 37.9 Å². The summed E-state index contributed by atoms with van der Waals surface area (Å²) in [5.74, 6) is 0.675. The van der Waals surface area contributed by atoms with Gasteiger partial charge >= 0.3 is 0 Å². The highest BCUT2D eigenvalue weighted by Crippen LogP contribution is 2.46. The monoisotopic (exact) mass is 703 g/mol. The van der Waals surface area contributed by atoms with E-state index in [4.69, 9.17) is 9.97 Å². The van der Waals surface area contributed by atoms with E-state index >= 15 is 0 Å². The normalized spacial score (nSPS) is 12.1. The van der Waals surface area contributed by atoms with Gasteiger partial charge < -0.3 is 0 Å². The van der Waals surface area contributed by atoms with Crippen LogP contribution in [0.5, 0.6) is 0 Å². The van der Waals surface area contributed by atoms with Crippen molar-refractivity contribution in [1.82, 2.24) is 14.5 Å². The number of fused-ring (bicyclic) bond motifs is 15. The lowest BCUT2D eigenvalue weighted by Crippen LogP contribution is -2.03. The van der Waals surface area contributed by atoms with Gasteiger partial charge in [-0.2, -0.15) is 0 Å². The summed E-state index contributed by atoms with van der Waals surface area (Å²) in [5.41, 5.74) is 7.60. The second-order valence-electron chi connectivity index (χ2n) is 14.1. The van der Waals surface area contributed by atoms with E-state index in [0.29, 0.717) is 5.95 Å². The number of nitrogens with zero attached hydrogens (tertiary/aromatic N) is 3. The Labute approximate surface area is 314 Å². The van der Waals surface area contributed by atoms with E-state index < -0.39 is 0 Å². The summed E-state index contributed by atoms with van der Waals surface area (Å²) < 4.78 is 4.64. The Hall–Kier alpha value is -6.88. The molecule has 0 saturated heterocycles. The summed E-state index contributed by atoms with van der Waals surface area (Å²) in [6, 6.07) is 63.5. The Balaban J connectivity index is 1.24. The lowest BCUT2D eigenvalue weighted by Gasteiger charge is -2.13. The fourth-order valence-electron chi connectivity index (χ4n) is 8.80. The first-order valence-corrected chi connectivity index (χ1v) is 19.2. The maximum Gasteiger partial charge on any atom is 0.235 e. The molecule has 0 aliphatic carbocycles. The predicted molar refractivity (Wildman–Crippen MR) is 230 cm³/mol. The van der Waals surface area contributed by atoms with Crippen LogP contribution in [0.2, 0.25) is 0 Å². The molecular weight excluding hydrogens is 675 g/mol. The molecule has 54 heavy (non-hydrogen) atoms. The molecule has 0 bridgehead atoms. The molecule has 0 atom stereocenters. The van der Waals surface area contributed by atoms with Crippen LogP contribution in [0.1, 0.15) is 0 Å². The van der Waals surface area contributed by atoms with Crippen LogP contribution < -0.4 is 0 Å². The van der Waals surface area contributed by atoms with Gasteiger partial charge in [-0.15, -0.1) is 11.3 Å². The van der Waals surface area contributed by atoms with E-state index in [1.54, 1.807) is 11.3 Å². The summed E-state index contributed by atoms with van der Waals surface area (Å²) in [4.78, 5) is 11.1. The van der Waals surface area contributed by atoms with Crippen LogP contribution in [0, 0.1) is 0 Å². The molecule has 12 rings (SSSR count). The molecule has 0 aliphatic heterocycles. The van der Waals surface area contributed by atoms with Crippen LogP contribution in [-0.2, 0) is 0 Å². The third-order valence-corrected chi connectivity index (χ3v) is 12.4. The lowest BCUT2D eigenvalue weighted by molar-refractivity contribution is 1.02. The third kappa shape index (κ3) is 4.17. The molecule has 0 fully saturated rings. The van der Waals surface area contributed by atoms with Crippen molar-refractivity contribution in [3.05, 3.63) is 176 Å². The second kappa shape index (κ2) is 11.3. The van der Waals surface area contributed by atoms with Crippen molar-refractivity contribution in [2.75, 3.05) is 0 Å². The van der Waals surface area contributed by atoms with Gasteiger partial charge in [0.05, 0.1) is 26.9 Å². The van der Waals surface area contributed by atoms with Gasteiger partial charge in [-0.05, 0) is 55.6 Å². The van der Waals surface area contributed by atoms with E-state index in [2.05, 4.69) is 180 Å². The van der Waals surface area contributed by atoms with Gasteiger partial charge in [0.15, 0.2) is 0 Å². The highest BCUT2D eigenvalue weighted by Gasteiger charge is 2.23. The number of benzene rings is 9. The minimum atomic E-state index is 0.675. The molecule has 12 aromatic rings. The van der Waals surface area contributed by atoms with Crippen molar-refractivity contribution in [2.45, 2.75) is 0 Å². The molecule has 0 N–H and O–H groups in total. The first kappa shape index (κ1) is 29.7. The van der Waals surface area contributed by atoms with Crippen LogP contribution in [0.4, 0.5) is 0 Å². The van der Waals surface area contributed by atoms with Gasteiger partial charge in [-0.25, -0.2) is 9.97 Å². The average Bonchev–Trinajstić information content (AvgIpc) is 3.80. The molecule has 0 spiro atoms. The molecule has 4 heteroatoms. The van der Waals surface area contributed by atoms with Crippen molar-refractivity contribution in [2.24, 2.45) is 0 Å². The molecule has 3 aromatic heterocycles. The largest absolute Gasteiger partial charge is 0.277 e. The molecule has 0 saturated carbocycles. The number of hydrogen-bond acceptors (Lipinski definition) is 3.